The third-order valence-electron chi connectivity index (χ3n) is 3.02. The highest BCUT2D eigenvalue weighted by Crippen LogP contribution is 2.33. The zero-order valence-corrected chi connectivity index (χ0v) is 11.8. The van der Waals surface area contributed by atoms with Gasteiger partial charge in [0.05, 0.1) is 0 Å². The molecule has 20 heavy (non-hydrogen) atoms. The smallest absolute Gasteiger partial charge is 0.341 e. The zero-order chi connectivity index (χ0) is 15.1. The standard InChI is InChI=1S/C15H16FNO3/c1-8-7-9(5-6-10(8)16)12-11(14(18)19)13(20-17-12)15(2,3)4/h5-7H,1-4H3,(H,18,19). The molecule has 1 aromatic carbocycles. The van der Waals surface area contributed by atoms with Gasteiger partial charge in [-0.2, -0.15) is 0 Å². The van der Waals surface area contributed by atoms with Crippen LogP contribution in [0.2, 0.25) is 0 Å². The summed E-state index contributed by atoms with van der Waals surface area (Å²) in [5.74, 6) is -1.14. The minimum absolute atomic E-state index is 0.0310. The fraction of sp³-hybridized carbons (Fsp3) is 0.333. The van der Waals surface area contributed by atoms with Gasteiger partial charge < -0.3 is 9.63 Å². The summed E-state index contributed by atoms with van der Waals surface area (Å²) in [6.07, 6.45) is 0. The molecule has 5 heteroatoms. The predicted molar refractivity (Wildman–Crippen MR) is 72.3 cm³/mol. The SMILES string of the molecule is Cc1cc(-c2noc(C(C)(C)C)c2C(=O)O)ccc1F. The Hall–Kier alpha value is -2.17. The van der Waals surface area contributed by atoms with Crippen LogP contribution in [0, 0.1) is 12.7 Å². The molecule has 0 saturated carbocycles. The van der Waals surface area contributed by atoms with Crippen LogP contribution in [0.4, 0.5) is 4.39 Å². The molecule has 0 spiro atoms. The molecule has 0 unspecified atom stereocenters. The number of halogens is 1. The maximum Gasteiger partial charge on any atom is 0.341 e. The highest BCUT2D eigenvalue weighted by molar-refractivity contribution is 5.96. The molecule has 2 rings (SSSR count). The van der Waals surface area contributed by atoms with E-state index in [9.17, 15) is 14.3 Å². The van der Waals surface area contributed by atoms with Crippen LogP contribution in [-0.2, 0) is 5.41 Å². The molecule has 0 fully saturated rings. The van der Waals surface area contributed by atoms with E-state index in [4.69, 9.17) is 4.52 Å². The number of hydrogen-bond acceptors (Lipinski definition) is 3. The quantitative estimate of drug-likeness (QED) is 0.907. The highest BCUT2D eigenvalue weighted by atomic mass is 19.1. The number of aryl methyl sites for hydroxylation is 1. The second-order valence-corrected chi connectivity index (χ2v) is 5.75. The largest absolute Gasteiger partial charge is 0.477 e. The molecule has 0 amide bonds. The summed E-state index contributed by atoms with van der Waals surface area (Å²) >= 11 is 0. The molecular formula is C15H16FNO3. The maximum atomic E-state index is 13.3. The van der Waals surface area contributed by atoms with Gasteiger partial charge in [0.15, 0.2) is 5.76 Å². The lowest BCUT2D eigenvalue weighted by Gasteiger charge is -2.14. The first-order valence-electron chi connectivity index (χ1n) is 6.22. The molecule has 1 aromatic heterocycles. The van der Waals surface area contributed by atoms with E-state index in [1.165, 1.54) is 12.1 Å². The van der Waals surface area contributed by atoms with Crippen LogP contribution in [0.3, 0.4) is 0 Å². The van der Waals surface area contributed by atoms with Gasteiger partial charge in [-0.3, -0.25) is 0 Å². The van der Waals surface area contributed by atoms with Crippen LogP contribution in [0.5, 0.6) is 0 Å². The minimum atomic E-state index is -1.10. The molecule has 106 valence electrons. The van der Waals surface area contributed by atoms with Gasteiger partial charge in [-0.1, -0.05) is 25.9 Å². The Balaban J connectivity index is 2.66. The molecule has 0 aliphatic rings. The number of benzene rings is 1. The lowest BCUT2D eigenvalue weighted by molar-refractivity contribution is 0.0693. The van der Waals surface area contributed by atoms with Crippen LogP contribution in [-0.4, -0.2) is 16.2 Å². The van der Waals surface area contributed by atoms with Crippen molar-refractivity contribution < 1.29 is 18.8 Å². The van der Waals surface area contributed by atoms with Crippen LogP contribution < -0.4 is 0 Å². The third-order valence-corrected chi connectivity index (χ3v) is 3.02. The Kier molecular flexibility index (Phi) is 3.38. The zero-order valence-electron chi connectivity index (χ0n) is 11.8. The van der Waals surface area contributed by atoms with Crippen LogP contribution in [0.25, 0.3) is 11.3 Å². The van der Waals surface area contributed by atoms with Gasteiger partial charge in [-0.15, -0.1) is 0 Å². The van der Waals surface area contributed by atoms with E-state index < -0.39 is 11.4 Å². The number of hydrogen-bond donors (Lipinski definition) is 1. The Labute approximate surface area is 116 Å². The highest BCUT2D eigenvalue weighted by Gasteiger charge is 2.31. The monoisotopic (exact) mass is 277 g/mol. The van der Waals surface area contributed by atoms with Crippen molar-refractivity contribution in [2.45, 2.75) is 33.1 Å². The van der Waals surface area contributed by atoms with Gasteiger partial charge >= 0.3 is 5.97 Å². The molecule has 0 atom stereocenters. The number of carboxylic acids is 1. The van der Waals surface area contributed by atoms with Crippen molar-refractivity contribution in [1.29, 1.82) is 0 Å². The van der Waals surface area contributed by atoms with Gasteiger partial charge in [0.2, 0.25) is 0 Å². The van der Waals surface area contributed by atoms with E-state index in [0.29, 0.717) is 16.9 Å². The first-order valence-corrected chi connectivity index (χ1v) is 6.22. The fourth-order valence-electron chi connectivity index (χ4n) is 1.99. The Morgan fingerprint density at radius 3 is 2.50 bits per heavy atom. The molecule has 0 bridgehead atoms. The molecule has 0 aliphatic carbocycles. The molecular weight excluding hydrogens is 261 g/mol. The van der Waals surface area contributed by atoms with Gasteiger partial charge in [-0.05, 0) is 30.7 Å². The summed E-state index contributed by atoms with van der Waals surface area (Å²) in [4.78, 5) is 11.5. The maximum absolute atomic E-state index is 13.3. The number of carbonyl (C=O) groups is 1. The second kappa shape index (κ2) is 4.74. The summed E-state index contributed by atoms with van der Waals surface area (Å²) in [7, 11) is 0. The van der Waals surface area contributed by atoms with E-state index in [1.54, 1.807) is 13.0 Å². The molecule has 0 radical (unpaired) electrons. The van der Waals surface area contributed by atoms with E-state index in [0.717, 1.165) is 0 Å². The summed E-state index contributed by atoms with van der Waals surface area (Å²) < 4.78 is 18.5. The normalized spacial score (nSPS) is 11.7. The number of rotatable bonds is 2. The van der Waals surface area contributed by atoms with E-state index >= 15 is 0 Å². The van der Waals surface area contributed by atoms with Crippen LogP contribution in [0.15, 0.2) is 22.7 Å². The number of carboxylic acid groups (broad SMARTS) is 1. The first-order chi connectivity index (χ1) is 9.21. The van der Waals surface area contributed by atoms with E-state index in [2.05, 4.69) is 5.16 Å². The van der Waals surface area contributed by atoms with Crippen molar-refractivity contribution in [3.8, 4) is 11.3 Å². The average Bonchev–Trinajstić information content (AvgIpc) is 2.77. The number of aromatic nitrogens is 1. The van der Waals surface area contributed by atoms with Crippen molar-refractivity contribution in [3.05, 3.63) is 40.9 Å². The second-order valence-electron chi connectivity index (χ2n) is 5.75. The van der Waals surface area contributed by atoms with E-state index in [1.807, 2.05) is 20.8 Å². The van der Waals surface area contributed by atoms with Crippen molar-refractivity contribution in [1.82, 2.24) is 5.16 Å². The summed E-state index contributed by atoms with van der Waals surface area (Å²) in [5, 5.41) is 13.3. The molecule has 0 saturated heterocycles. The fourth-order valence-corrected chi connectivity index (χ4v) is 1.99. The summed E-state index contributed by atoms with van der Waals surface area (Å²) in [6.45, 7) is 7.16. The van der Waals surface area contributed by atoms with Crippen LogP contribution in [0.1, 0.15) is 42.5 Å². The molecule has 1 N–H and O–H groups in total. The van der Waals surface area contributed by atoms with Crippen molar-refractivity contribution >= 4 is 5.97 Å². The van der Waals surface area contributed by atoms with Crippen molar-refractivity contribution in [2.24, 2.45) is 0 Å². The Morgan fingerprint density at radius 2 is 2.00 bits per heavy atom. The minimum Gasteiger partial charge on any atom is -0.477 e. The topological polar surface area (TPSA) is 63.3 Å². The van der Waals surface area contributed by atoms with Gasteiger partial charge in [0.25, 0.3) is 0 Å². The number of nitrogens with zero attached hydrogens (tertiary/aromatic N) is 1. The van der Waals surface area contributed by atoms with Crippen molar-refractivity contribution in [3.63, 3.8) is 0 Å². The van der Waals surface area contributed by atoms with Crippen molar-refractivity contribution in [2.75, 3.05) is 0 Å². The lowest BCUT2D eigenvalue weighted by atomic mass is 9.88. The van der Waals surface area contributed by atoms with Gasteiger partial charge in [0, 0.05) is 11.0 Å². The Morgan fingerprint density at radius 1 is 1.35 bits per heavy atom. The van der Waals surface area contributed by atoms with Crippen LogP contribution >= 0.6 is 0 Å². The summed E-state index contributed by atoms with van der Waals surface area (Å²) in [5.41, 5.74) is 0.738. The third kappa shape index (κ3) is 2.43. The summed E-state index contributed by atoms with van der Waals surface area (Å²) in [6, 6.07) is 4.35. The molecule has 4 nitrogen and oxygen atoms in total. The predicted octanol–water partition coefficient (Wildman–Crippen LogP) is 3.78. The lowest BCUT2D eigenvalue weighted by Crippen LogP contribution is -2.15. The molecule has 0 aliphatic heterocycles. The molecule has 1 heterocycles. The van der Waals surface area contributed by atoms with Gasteiger partial charge in [-0.25, -0.2) is 9.18 Å². The Bertz CT molecular complexity index is 668. The van der Waals surface area contributed by atoms with E-state index in [-0.39, 0.29) is 17.1 Å². The first kappa shape index (κ1) is 14.2. The van der Waals surface area contributed by atoms with Gasteiger partial charge in [0.1, 0.15) is 17.1 Å². The molecule has 2 aromatic rings. The average molecular weight is 277 g/mol. The number of aromatic carboxylic acids is 1.